The fourth-order valence-electron chi connectivity index (χ4n) is 4.01. The van der Waals surface area contributed by atoms with Crippen LogP contribution in [0.2, 0.25) is 5.02 Å². The van der Waals surface area contributed by atoms with Gasteiger partial charge in [-0.05, 0) is 50.8 Å². The van der Waals surface area contributed by atoms with E-state index in [2.05, 4.69) is 0 Å². The highest BCUT2D eigenvalue weighted by Gasteiger charge is 2.36. The average molecular weight is 429 g/mol. The number of benzene rings is 1. The van der Waals surface area contributed by atoms with Crippen molar-refractivity contribution >= 4 is 27.5 Å². The summed E-state index contributed by atoms with van der Waals surface area (Å²) in [7, 11) is -3.79. The number of ether oxygens (including phenoxy) is 1. The number of hydrogen-bond donors (Lipinski definition) is 0. The van der Waals surface area contributed by atoms with Gasteiger partial charge in [0.05, 0.1) is 12.5 Å². The summed E-state index contributed by atoms with van der Waals surface area (Å²) < 4.78 is 33.5. The van der Waals surface area contributed by atoms with Crippen molar-refractivity contribution < 1.29 is 17.9 Å². The summed E-state index contributed by atoms with van der Waals surface area (Å²) in [6.45, 7) is 4.36. The monoisotopic (exact) mass is 428 g/mol. The van der Waals surface area contributed by atoms with Crippen molar-refractivity contribution in [1.29, 1.82) is 0 Å². The van der Waals surface area contributed by atoms with E-state index in [9.17, 15) is 13.2 Å². The van der Waals surface area contributed by atoms with E-state index in [1.54, 1.807) is 12.1 Å². The van der Waals surface area contributed by atoms with Crippen molar-refractivity contribution in [3.63, 3.8) is 0 Å². The molecule has 6 nitrogen and oxygen atoms in total. The van der Waals surface area contributed by atoms with Crippen LogP contribution in [0.1, 0.15) is 45.4 Å². The van der Waals surface area contributed by atoms with Gasteiger partial charge in [0.2, 0.25) is 15.9 Å². The van der Waals surface area contributed by atoms with Crippen LogP contribution in [0.25, 0.3) is 0 Å². The molecule has 0 aromatic heterocycles. The van der Waals surface area contributed by atoms with Crippen LogP contribution in [0, 0.1) is 5.92 Å². The molecule has 28 heavy (non-hydrogen) atoms. The number of carbonyl (C=O) groups is 1. The fourth-order valence-corrected chi connectivity index (χ4v) is 5.93. The van der Waals surface area contributed by atoms with Crippen molar-refractivity contribution in [1.82, 2.24) is 9.21 Å². The molecule has 0 saturated carbocycles. The zero-order chi connectivity index (χ0) is 20.1. The molecule has 8 heteroatoms. The van der Waals surface area contributed by atoms with Crippen LogP contribution < -0.4 is 4.74 Å². The van der Waals surface area contributed by atoms with Gasteiger partial charge in [0.25, 0.3) is 0 Å². The van der Waals surface area contributed by atoms with Gasteiger partial charge in [-0.3, -0.25) is 4.79 Å². The van der Waals surface area contributed by atoms with Crippen molar-refractivity contribution in [3.8, 4) is 5.75 Å². The van der Waals surface area contributed by atoms with Gasteiger partial charge < -0.3 is 9.64 Å². The number of halogens is 1. The summed E-state index contributed by atoms with van der Waals surface area (Å²) in [5.74, 6) is 0.113. The van der Waals surface area contributed by atoms with E-state index < -0.39 is 10.0 Å². The SMILES string of the molecule is CCOc1ccc(Cl)cc1S(=O)(=O)N1CCC[C@@H](C(=O)N2CCCCCC2)C1. The van der Waals surface area contributed by atoms with Crippen molar-refractivity contribution in [2.45, 2.75) is 50.3 Å². The molecule has 0 radical (unpaired) electrons. The number of likely N-dealkylation sites (tertiary alicyclic amines) is 1. The van der Waals surface area contributed by atoms with Gasteiger partial charge in [0, 0.05) is 31.2 Å². The molecule has 2 aliphatic rings. The number of hydrogen-bond acceptors (Lipinski definition) is 4. The van der Waals surface area contributed by atoms with Crippen LogP contribution in [0.5, 0.6) is 5.75 Å². The second kappa shape index (κ2) is 9.46. The number of sulfonamides is 1. The maximum Gasteiger partial charge on any atom is 0.246 e. The van der Waals surface area contributed by atoms with E-state index in [0.29, 0.717) is 30.3 Å². The van der Waals surface area contributed by atoms with E-state index in [1.165, 1.54) is 10.4 Å². The van der Waals surface area contributed by atoms with Gasteiger partial charge in [0.1, 0.15) is 10.6 Å². The van der Waals surface area contributed by atoms with E-state index in [0.717, 1.165) is 45.2 Å². The maximum absolute atomic E-state index is 13.3. The average Bonchev–Trinajstić information content (AvgIpc) is 2.98. The summed E-state index contributed by atoms with van der Waals surface area (Å²) in [4.78, 5) is 15.0. The normalized spacial score (nSPS) is 21.9. The van der Waals surface area contributed by atoms with Crippen LogP contribution in [-0.2, 0) is 14.8 Å². The minimum Gasteiger partial charge on any atom is -0.492 e. The predicted octanol–water partition coefficient (Wildman–Crippen LogP) is 3.54. The van der Waals surface area contributed by atoms with E-state index >= 15 is 0 Å². The van der Waals surface area contributed by atoms with E-state index in [4.69, 9.17) is 16.3 Å². The van der Waals surface area contributed by atoms with Crippen LogP contribution in [0.4, 0.5) is 0 Å². The molecule has 3 rings (SSSR count). The second-order valence-corrected chi connectivity index (χ2v) is 9.81. The summed E-state index contributed by atoms with van der Waals surface area (Å²) in [6, 6.07) is 4.64. The minimum absolute atomic E-state index is 0.0738. The van der Waals surface area contributed by atoms with Crippen molar-refractivity contribution in [2.75, 3.05) is 32.8 Å². The van der Waals surface area contributed by atoms with Crippen LogP contribution in [0.3, 0.4) is 0 Å². The quantitative estimate of drug-likeness (QED) is 0.719. The molecular formula is C20H29ClN2O4S. The third-order valence-corrected chi connectivity index (χ3v) is 7.60. The predicted molar refractivity (Wildman–Crippen MR) is 109 cm³/mol. The molecule has 2 aliphatic heterocycles. The lowest BCUT2D eigenvalue weighted by Crippen LogP contribution is -2.47. The lowest BCUT2D eigenvalue weighted by atomic mass is 9.98. The first-order valence-electron chi connectivity index (χ1n) is 10.1. The molecule has 1 atom stereocenters. The molecule has 0 N–H and O–H groups in total. The molecule has 0 aliphatic carbocycles. The van der Waals surface area contributed by atoms with Gasteiger partial charge in [-0.2, -0.15) is 4.31 Å². The van der Waals surface area contributed by atoms with Crippen molar-refractivity contribution in [3.05, 3.63) is 23.2 Å². The number of carbonyl (C=O) groups excluding carboxylic acids is 1. The Morgan fingerprint density at radius 2 is 1.86 bits per heavy atom. The van der Waals surface area contributed by atoms with Crippen LogP contribution in [-0.4, -0.2) is 56.3 Å². The molecular weight excluding hydrogens is 400 g/mol. The summed E-state index contributed by atoms with van der Waals surface area (Å²) in [5, 5.41) is 0.344. The molecule has 2 saturated heterocycles. The number of nitrogens with zero attached hydrogens (tertiary/aromatic N) is 2. The fraction of sp³-hybridized carbons (Fsp3) is 0.650. The Kier molecular flexibility index (Phi) is 7.23. The first-order valence-corrected chi connectivity index (χ1v) is 12.0. The van der Waals surface area contributed by atoms with Crippen LogP contribution in [0.15, 0.2) is 23.1 Å². The van der Waals surface area contributed by atoms with E-state index in [-0.39, 0.29) is 23.3 Å². The summed E-state index contributed by atoms with van der Waals surface area (Å²) >= 11 is 6.06. The third-order valence-electron chi connectivity index (χ3n) is 5.47. The Morgan fingerprint density at radius 1 is 1.14 bits per heavy atom. The van der Waals surface area contributed by atoms with Gasteiger partial charge in [-0.1, -0.05) is 24.4 Å². The van der Waals surface area contributed by atoms with Crippen LogP contribution >= 0.6 is 11.6 Å². The standard InChI is InChI=1S/C20H29ClN2O4S/c1-2-27-18-10-9-17(21)14-19(18)28(25,26)23-13-7-8-16(15-23)20(24)22-11-5-3-4-6-12-22/h9-10,14,16H,2-8,11-13,15H2,1H3/t16-/m1/s1. The molecule has 1 aromatic rings. The minimum atomic E-state index is -3.79. The van der Waals surface area contributed by atoms with E-state index in [1.807, 2.05) is 11.8 Å². The lowest BCUT2D eigenvalue weighted by Gasteiger charge is -2.34. The number of piperidine rings is 1. The lowest BCUT2D eigenvalue weighted by molar-refractivity contribution is -0.136. The molecule has 1 aromatic carbocycles. The number of amides is 1. The highest BCUT2D eigenvalue weighted by molar-refractivity contribution is 7.89. The molecule has 0 spiro atoms. The van der Waals surface area contributed by atoms with Gasteiger partial charge in [-0.15, -0.1) is 0 Å². The number of rotatable bonds is 5. The highest BCUT2D eigenvalue weighted by Crippen LogP contribution is 2.32. The Balaban J connectivity index is 1.79. The Morgan fingerprint density at radius 3 is 2.54 bits per heavy atom. The molecule has 2 heterocycles. The first kappa shape index (κ1) is 21.4. The zero-order valence-electron chi connectivity index (χ0n) is 16.4. The first-order chi connectivity index (χ1) is 13.4. The van der Waals surface area contributed by atoms with Gasteiger partial charge >= 0.3 is 0 Å². The highest BCUT2D eigenvalue weighted by atomic mass is 35.5. The van der Waals surface area contributed by atoms with Gasteiger partial charge in [0.15, 0.2) is 0 Å². The molecule has 0 unspecified atom stereocenters. The Bertz CT molecular complexity index is 791. The van der Waals surface area contributed by atoms with Gasteiger partial charge in [-0.25, -0.2) is 8.42 Å². The van der Waals surface area contributed by atoms with Crippen molar-refractivity contribution in [2.24, 2.45) is 5.92 Å². The second-order valence-electron chi connectivity index (χ2n) is 7.47. The summed E-state index contributed by atoms with van der Waals surface area (Å²) in [5.41, 5.74) is 0. The zero-order valence-corrected chi connectivity index (χ0v) is 18.0. The Hall–Kier alpha value is -1.31. The Labute approximate surface area is 172 Å². The molecule has 0 bridgehead atoms. The molecule has 2 fully saturated rings. The topological polar surface area (TPSA) is 66.9 Å². The molecule has 156 valence electrons. The summed E-state index contributed by atoms with van der Waals surface area (Å²) in [6.07, 6.45) is 5.78. The molecule has 1 amide bonds. The maximum atomic E-state index is 13.3. The smallest absolute Gasteiger partial charge is 0.246 e. The largest absolute Gasteiger partial charge is 0.492 e. The third kappa shape index (κ3) is 4.81.